The molecule has 2 nitrogen and oxygen atoms in total. The summed E-state index contributed by atoms with van der Waals surface area (Å²) >= 11 is 0. The molecular weight excluding hydrogens is 196 g/mol. The fourth-order valence-corrected chi connectivity index (χ4v) is 2.53. The minimum atomic E-state index is 0.690. The molecule has 1 aliphatic carbocycles. The number of rotatable bonds is 3. The Morgan fingerprint density at radius 2 is 2.19 bits per heavy atom. The highest BCUT2D eigenvalue weighted by atomic mass is 14.9. The van der Waals surface area contributed by atoms with Crippen molar-refractivity contribution in [2.24, 2.45) is 5.92 Å². The van der Waals surface area contributed by atoms with Crippen LogP contribution in [0.15, 0.2) is 18.2 Å². The molecule has 1 aromatic carbocycles. The van der Waals surface area contributed by atoms with E-state index in [9.17, 15) is 0 Å². The topological polar surface area (TPSA) is 38.0 Å². The van der Waals surface area contributed by atoms with Crippen LogP contribution in [0.3, 0.4) is 0 Å². The van der Waals surface area contributed by atoms with E-state index in [1.54, 1.807) is 0 Å². The maximum atomic E-state index is 5.96. The summed E-state index contributed by atoms with van der Waals surface area (Å²) in [5.74, 6) is 0.882. The summed E-state index contributed by atoms with van der Waals surface area (Å²) in [4.78, 5) is 0. The smallest absolute Gasteiger partial charge is 0.0359 e. The van der Waals surface area contributed by atoms with Crippen LogP contribution in [-0.2, 0) is 6.54 Å². The van der Waals surface area contributed by atoms with Crippen molar-refractivity contribution in [3.05, 3.63) is 29.3 Å². The molecule has 1 saturated carbocycles. The van der Waals surface area contributed by atoms with Crippen LogP contribution in [0.1, 0.15) is 37.3 Å². The van der Waals surface area contributed by atoms with E-state index in [4.69, 9.17) is 5.73 Å². The molecule has 0 heterocycles. The Morgan fingerprint density at radius 1 is 1.38 bits per heavy atom. The second-order valence-electron chi connectivity index (χ2n) is 5.20. The maximum Gasteiger partial charge on any atom is 0.0359 e. The molecule has 16 heavy (non-hydrogen) atoms. The zero-order chi connectivity index (χ0) is 11.5. The van der Waals surface area contributed by atoms with Crippen molar-refractivity contribution in [1.29, 1.82) is 0 Å². The van der Waals surface area contributed by atoms with E-state index in [2.05, 4.69) is 31.3 Å². The van der Waals surface area contributed by atoms with Crippen LogP contribution in [0.25, 0.3) is 0 Å². The molecule has 2 unspecified atom stereocenters. The van der Waals surface area contributed by atoms with Crippen molar-refractivity contribution in [2.75, 3.05) is 5.73 Å². The zero-order valence-electron chi connectivity index (χ0n) is 10.3. The molecule has 88 valence electrons. The molecule has 1 aromatic rings. The third-order valence-electron chi connectivity index (χ3n) is 3.57. The Kier molecular flexibility index (Phi) is 3.49. The minimum Gasteiger partial charge on any atom is -0.398 e. The van der Waals surface area contributed by atoms with Crippen LogP contribution < -0.4 is 11.1 Å². The largest absolute Gasteiger partial charge is 0.398 e. The van der Waals surface area contributed by atoms with Gasteiger partial charge in [0.05, 0.1) is 0 Å². The highest BCUT2D eigenvalue weighted by molar-refractivity contribution is 5.48. The SMILES string of the molecule is Cc1ccc(N)c(CNC2CCC(C)C2)c1. The Morgan fingerprint density at radius 3 is 2.88 bits per heavy atom. The Balaban J connectivity index is 1.91. The molecule has 0 aromatic heterocycles. The number of hydrogen-bond donors (Lipinski definition) is 2. The van der Waals surface area contributed by atoms with E-state index < -0.39 is 0 Å². The number of anilines is 1. The predicted molar refractivity (Wildman–Crippen MR) is 69.2 cm³/mol. The van der Waals surface area contributed by atoms with Crippen molar-refractivity contribution in [3.8, 4) is 0 Å². The Bertz CT molecular complexity index is 360. The molecule has 0 amide bonds. The molecule has 0 aliphatic heterocycles. The second-order valence-corrected chi connectivity index (χ2v) is 5.20. The summed E-state index contributed by atoms with van der Waals surface area (Å²) in [6, 6.07) is 6.94. The second kappa shape index (κ2) is 4.88. The molecular formula is C14H22N2. The van der Waals surface area contributed by atoms with Gasteiger partial charge in [0.2, 0.25) is 0 Å². The van der Waals surface area contributed by atoms with Gasteiger partial charge in [0.15, 0.2) is 0 Å². The van der Waals surface area contributed by atoms with Crippen LogP contribution in [-0.4, -0.2) is 6.04 Å². The van der Waals surface area contributed by atoms with E-state index in [0.29, 0.717) is 6.04 Å². The molecule has 0 bridgehead atoms. The van der Waals surface area contributed by atoms with E-state index >= 15 is 0 Å². The van der Waals surface area contributed by atoms with Gasteiger partial charge in [0, 0.05) is 18.3 Å². The lowest BCUT2D eigenvalue weighted by molar-refractivity contribution is 0.502. The summed E-state index contributed by atoms with van der Waals surface area (Å²) < 4.78 is 0. The minimum absolute atomic E-state index is 0.690. The third-order valence-corrected chi connectivity index (χ3v) is 3.57. The Labute approximate surface area is 98.2 Å². The molecule has 3 N–H and O–H groups in total. The van der Waals surface area contributed by atoms with Crippen LogP contribution in [0.2, 0.25) is 0 Å². The molecule has 0 radical (unpaired) electrons. The van der Waals surface area contributed by atoms with Gasteiger partial charge < -0.3 is 11.1 Å². The molecule has 2 rings (SSSR count). The first-order chi connectivity index (χ1) is 7.65. The van der Waals surface area contributed by atoms with E-state index in [-0.39, 0.29) is 0 Å². The lowest BCUT2D eigenvalue weighted by Crippen LogP contribution is -2.26. The van der Waals surface area contributed by atoms with Crippen LogP contribution in [0.4, 0.5) is 5.69 Å². The number of nitrogen functional groups attached to an aromatic ring is 1. The first-order valence-corrected chi connectivity index (χ1v) is 6.23. The van der Waals surface area contributed by atoms with Crippen LogP contribution in [0.5, 0.6) is 0 Å². The van der Waals surface area contributed by atoms with Gasteiger partial charge in [0.25, 0.3) is 0 Å². The van der Waals surface area contributed by atoms with Gasteiger partial charge in [-0.05, 0) is 43.7 Å². The molecule has 1 fully saturated rings. The van der Waals surface area contributed by atoms with Crippen molar-refractivity contribution in [2.45, 2.75) is 45.7 Å². The van der Waals surface area contributed by atoms with Crippen molar-refractivity contribution in [1.82, 2.24) is 5.32 Å². The normalized spacial score (nSPS) is 24.9. The van der Waals surface area contributed by atoms with Gasteiger partial charge in [0.1, 0.15) is 0 Å². The molecule has 1 aliphatic rings. The summed E-state index contributed by atoms with van der Waals surface area (Å²) in [6.45, 7) is 5.36. The molecule has 2 heteroatoms. The zero-order valence-corrected chi connectivity index (χ0v) is 10.3. The van der Waals surface area contributed by atoms with E-state index in [0.717, 1.165) is 18.2 Å². The number of hydrogen-bond acceptors (Lipinski definition) is 2. The van der Waals surface area contributed by atoms with Gasteiger partial charge in [-0.3, -0.25) is 0 Å². The molecule has 0 spiro atoms. The summed E-state index contributed by atoms with van der Waals surface area (Å²) in [5.41, 5.74) is 9.39. The fourth-order valence-electron chi connectivity index (χ4n) is 2.53. The summed E-state index contributed by atoms with van der Waals surface area (Å²) in [6.07, 6.45) is 3.99. The summed E-state index contributed by atoms with van der Waals surface area (Å²) in [5, 5.41) is 3.62. The number of nitrogens with one attached hydrogen (secondary N) is 1. The van der Waals surface area contributed by atoms with Crippen molar-refractivity contribution < 1.29 is 0 Å². The van der Waals surface area contributed by atoms with Gasteiger partial charge in [-0.25, -0.2) is 0 Å². The van der Waals surface area contributed by atoms with Gasteiger partial charge in [-0.1, -0.05) is 24.6 Å². The fraction of sp³-hybridized carbons (Fsp3) is 0.571. The van der Waals surface area contributed by atoms with E-state index in [1.807, 2.05) is 6.07 Å². The number of aryl methyl sites for hydroxylation is 1. The molecule has 0 saturated heterocycles. The van der Waals surface area contributed by atoms with Crippen LogP contribution >= 0.6 is 0 Å². The average molecular weight is 218 g/mol. The van der Waals surface area contributed by atoms with Crippen molar-refractivity contribution >= 4 is 5.69 Å². The highest BCUT2D eigenvalue weighted by Crippen LogP contribution is 2.25. The average Bonchev–Trinajstić information content (AvgIpc) is 2.66. The summed E-state index contributed by atoms with van der Waals surface area (Å²) in [7, 11) is 0. The van der Waals surface area contributed by atoms with E-state index in [1.165, 1.54) is 30.4 Å². The first kappa shape index (κ1) is 11.5. The monoisotopic (exact) mass is 218 g/mol. The third kappa shape index (κ3) is 2.76. The number of nitrogens with two attached hydrogens (primary N) is 1. The maximum absolute atomic E-state index is 5.96. The van der Waals surface area contributed by atoms with Gasteiger partial charge in [-0.2, -0.15) is 0 Å². The Hall–Kier alpha value is -1.02. The lowest BCUT2D eigenvalue weighted by Gasteiger charge is -2.14. The first-order valence-electron chi connectivity index (χ1n) is 6.23. The standard InChI is InChI=1S/C14H22N2/c1-10-4-6-14(15)12(7-10)9-16-13-5-3-11(2)8-13/h4,6-7,11,13,16H,3,5,8-9,15H2,1-2H3. The van der Waals surface area contributed by atoms with Gasteiger partial charge >= 0.3 is 0 Å². The number of benzene rings is 1. The highest BCUT2D eigenvalue weighted by Gasteiger charge is 2.20. The lowest BCUT2D eigenvalue weighted by atomic mass is 10.1. The predicted octanol–water partition coefficient (Wildman–Crippen LogP) is 2.86. The van der Waals surface area contributed by atoms with Gasteiger partial charge in [-0.15, -0.1) is 0 Å². The molecule has 2 atom stereocenters. The van der Waals surface area contributed by atoms with Crippen LogP contribution in [0, 0.1) is 12.8 Å². The quantitative estimate of drug-likeness (QED) is 0.766. The van der Waals surface area contributed by atoms with Crippen molar-refractivity contribution in [3.63, 3.8) is 0 Å².